The molecule has 0 amide bonds. The minimum atomic E-state index is -0.550. The van der Waals surface area contributed by atoms with E-state index in [0.717, 1.165) is 0 Å². The number of carbonyl (C=O) groups excluding carboxylic acids is 1. The second kappa shape index (κ2) is 9.00. The third kappa shape index (κ3) is 4.54. The number of benzene rings is 2. The highest BCUT2D eigenvalue weighted by atomic mass is 79.9. The predicted molar refractivity (Wildman–Crippen MR) is 112 cm³/mol. The van der Waals surface area contributed by atoms with E-state index in [1.165, 1.54) is 0 Å². The van der Waals surface area contributed by atoms with Crippen molar-refractivity contribution in [1.82, 2.24) is 0 Å². The van der Waals surface area contributed by atoms with Gasteiger partial charge in [-0.15, -0.1) is 0 Å². The summed E-state index contributed by atoms with van der Waals surface area (Å²) in [6.45, 7) is 2.39. The van der Waals surface area contributed by atoms with Crippen LogP contribution in [0.2, 0.25) is 0 Å². The average molecular weight is 462 g/mol. The highest BCUT2D eigenvalue weighted by Crippen LogP contribution is 2.37. The van der Waals surface area contributed by atoms with E-state index >= 15 is 0 Å². The van der Waals surface area contributed by atoms with Gasteiger partial charge in [-0.1, -0.05) is 0 Å². The monoisotopic (exact) mass is 461 g/mol. The summed E-state index contributed by atoms with van der Waals surface area (Å²) in [5.74, 6) is 1.90. The third-order valence-corrected chi connectivity index (χ3v) is 4.65. The summed E-state index contributed by atoms with van der Waals surface area (Å²) in [6, 6.07) is 8.73. The van der Waals surface area contributed by atoms with Crippen LogP contribution in [0.3, 0.4) is 0 Å². The Morgan fingerprint density at radius 1 is 1.03 bits per heavy atom. The summed E-state index contributed by atoms with van der Waals surface area (Å²) in [6.07, 6.45) is 1.62. The summed E-state index contributed by atoms with van der Waals surface area (Å²) >= 11 is 3.47. The van der Waals surface area contributed by atoms with E-state index in [-0.39, 0.29) is 11.6 Å². The lowest BCUT2D eigenvalue weighted by Gasteiger charge is -2.12. The molecule has 1 aliphatic rings. The largest absolute Gasteiger partial charge is 0.497 e. The number of hydrogen-bond donors (Lipinski definition) is 0. The van der Waals surface area contributed by atoms with Crippen LogP contribution in [0.4, 0.5) is 0 Å². The Labute approximate surface area is 177 Å². The molecule has 0 spiro atoms. The molecule has 1 heterocycles. The molecule has 0 atom stereocenters. The number of halogens is 1. The smallest absolute Gasteiger partial charge is 0.363 e. The molecule has 0 N–H and O–H groups in total. The summed E-state index contributed by atoms with van der Waals surface area (Å²) in [7, 11) is 4.64. The molecule has 0 unspecified atom stereocenters. The van der Waals surface area contributed by atoms with Crippen LogP contribution < -0.4 is 18.9 Å². The Balaban J connectivity index is 1.98. The Kier molecular flexibility index (Phi) is 6.43. The van der Waals surface area contributed by atoms with Gasteiger partial charge in [-0.05, 0) is 58.8 Å². The van der Waals surface area contributed by atoms with Crippen molar-refractivity contribution in [1.29, 1.82) is 0 Å². The molecule has 0 saturated heterocycles. The fourth-order valence-electron chi connectivity index (χ4n) is 2.73. The number of methoxy groups -OCH3 is 3. The quantitative estimate of drug-likeness (QED) is 0.453. The Bertz CT molecular complexity index is 977. The van der Waals surface area contributed by atoms with Crippen molar-refractivity contribution in [2.75, 3.05) is 27.9 Å². The van der Waals surface area contributed by atoms with Crippen molar-refractivity contribution < 1.29 is 28.5 Å². The number of esters is 1. The van der Waals surface area contributed by atoms with Crippen LogP contribution in [-0.2, 0) is 9.53 Å². The topological polar surface area (TPSA) is 75.6 Å². The van der Waals surface area contributed by atoms with Gasteiger partial charge >= 0.3 is 5.97 Å². The first-order chi connectivity index (χ1) is 14.0. The fraction of sp³-hybridized carbons (Fsp3) is 0.238. The second-order valence-electron chi connectivity index (χ2n) is 5.90. The lowest BCUT2D eigenvalue weighted by atomic mass is 10.1. The molecular weight excluding hydrogens is 442 g/mol. The number of carbonyl (C=O) groups is 1. The number of hydrogen-bond acceptors (Lipinski definition) is 7. The van der Waals surface area contributed by atoms with E-state index in [4.69, 9.17) is 23.7 Å². The van der Waals surface area contributed by atoms with Gasteiger partial charge in [0.05, 0.1) is 32.4 Å². The lowest BCUT2D eigenvalue weighted by molar-refractivity contribution is -0.129. The molecule has 3 rings (SSSR count). The maximum Gasteiger partial charge on any atom is 0.363 e. The molecule has 1 aliphatic heterocycles. The van der Waals surface area contributed by atoms with Crippen LogP contribution >= 0.6 is 15.9 Å². The number of rotatable bonds is 7. The van der Waals surface area contributed by atoms with Crippen molar-refractivity contribution in [3.8, 4) is 23.0 Å². The number of nitrogens with zero attached hydrogens (tertiary/aromatic N) is 1. The second-order valence-corrected chi connectivity index (χ2v) is 6.76. The highest BCUT2D eigenvalue weighted by molar-refractivity contribution is 9.10. The molecule has 0 radical (unpaired) electrons. The van der Waals surface area contributed by atoms with Gasteiger partial charge in [-0.2, -0.15) is 0 Å². The lowest BCUT2D eigenvalue weighted by Crippen LogP contribution is -2.06. The van der Waals surface area contributed by atoms with E-state index in [0.29, 0.717) is 45.2 Å². The van der Waals surface area contributed by atoms with Gasteiger partial charge in [0.15, 0.2) is 17.2 Å². The van der Waals surface area contributed by atoms with Crippen LogP contribution in [0.25, 0.3) is 6.08 Å². The standard InChI is InChI=1S/C21H20BrNO6/c1-5-28-19-16(22)6-12(8-18(19)27-4)7-17-21(24)29-20(23-17)13-9-14(25-2)11-15(10-13)26-3/h6-11H,5H2,1-4H3/b17-7-. The Morgan fingerprint density at radius 2 is 1.72 bits per heavy atom. The number of ether oxygens (including phenoxy) is 5. The van der Waals surface area contributed by atoms with Gasteiger partial charge in [-0.25, -0.2) is 9.79 Å². The summed E-state index contributed by atoms with van der Waals surface area (Å²) in [4.78, 5) is 16.7. The van der Waals surface area contributed by atoms with Crippen LogP contribution in [0.5, 0.6) is 23.0 Å². The normalized spacial score (nSPS) is 14.4. The molecule has 0 aliphatic carbocycles. The van der Waals surface area contributed by atoms with Crippen LogP contribution in [0, 0.1) is 0 Å². The summed E-state index contributed by atoms with van der Waals surface area (Å²) < 4.78 is 27.5. The molecule has 0 aromatic heterocycles. The zero-order valence-corrected chi connectivity index (χ0v) is 18.0. The molecule has 29 heavy (non-hydrogen) atoms. The molecule has 152 valence electrons. The third-order valence-electron chi connectivity index (χ3n) is 4.06. The summed E-state index contributed by atoms with van der Waals surface area (Å²) in [5, 5.41) is 0. The molecule has 8 heteroatoms. The SMILES string of the molecule is CCOc1c(Br)cc(/C=C2\N=C(c3cc(OC)cc(OC)c3)OC2=O)cc1OC. The molecule has 2 aromatic carbocycles. The molecule has 0 saturated carbocycles. The van der Waals surface area contributed by atoms with Gasteiger partial charge in [0.1, 0.15) is 11.5 Å². The Hall–Kier alpha value is -3.00. The average Bonchev–Trinajstić information content (AvgIpc) is 3.09. The van der Waals surface area contributed by atoms with Crippen LogP contribution in [0.15, 0.2) is 45.5 Å². The van der Waals surface area contributed by atoms with Gasteiger partial charge in [0.25, 0.3) is 0 Å². The van der Waals surface area contributed by atoms with Crippen molar-refractivity contribution in [2.24, 2.45) is 4.99 Å². The van der Waals surface area contributed by atoms with Crippen molar-refractivity contribution in [3.05, 3.63) is 51.6 Å². The minimum Gasteiger partial charge on any atom is -0.497 e. The Morgan fingerprint density at radius 3 is 2.31 bits per heavy atom. The first-order valence-corrected chi connectivity index (χ1v) is 9.54. The first-order valence-electron chi connectivity index (χ1n) is 8.75. The molecular formula is C21H20BrNO6. The predicted octanol–water partition coefficient (Wildman–Crippen LogP) is 4.22. The number of aliphatic imine (C=N–C) groups is 1. The van der Waals surface area contributed by atoms with Crippen molar-refractivity contribution in [2.45, 2.75) is 6.92 Å². The van der Waals surface area contributed by atoms with Crippen LogP contribution in [0.1, 0.15) is 18.1 Å². The van der Waals surface area contributed by atoms with E-state index in [2.05, 4.69) is 20.9 Å². The van der Waals surface area contributed by atoms with Crippen LogP contribution in [-0.4, -0.2) is 39.8 Å². The van der Waals surface area contributed by atoms with Gasteiger partial charge < -0.3 is 23.7 Å². The number of cyclic esters (lactones) is 1. The maximum atomic E-state index is 12.3. The van der Waals surface area contributed by atoms with E-state index in [9.17, 15) is 4.79 Å². The van der Waals surface area contributed by atoms with Crippen molar-refractivity contribution in [3.63, 3.8) is 0 Å². The zero-order valence-electron chi connectivity index (χ0n) is 16.4. The molecule has 0 bridgehead atoms. The highest BCUT2D eigenvalue weighted by Gasteiger charge is 2.25. The molecule has 2 aromatic rings. The first kappa shape index (κ1) is 20.7. The molecule has 7 nitrogen and oxygen atoms in total. The van der Waals surface area contributed by atoms with Gasteiger partial charge in [-0.3, -0.25) is 0 Å². The van der Waals surface area contributed by atoms with E-state index < -0.39 is 5.97 Å². The maximum absolute atomic E-state index is 12.3. The van der Waals surface area contributed by atoms with Gasteiger partial charge in [0, 0.05) is 11.6 Å². The fourth-order valence-corrected chi connectivity index (χ4v) is 3.30. The van der Waals surface area contributed by atoms with Crippen molar-refractivity contribution >= 4 is 33.9 Å². The van der Waals surface area contributed by atoms with E-state index in [1.54, 1.807) is 51.7 Å². The van der Waals surface area contributed by atoms with Gasteiger partial charge in [0.2, 0.25) is 5.90 Å². The minimum absolute atomic E-state index is 0.167. The summed E-state index contributed by atoms with van der Waals surface area (Å²) in [5.41, 5.74) is 1.45. The molecule has 0 fully saturated rings. The van der Waals surface area contributed by atoms with E-state index in [1.807, 2.05) is 13.0 Å². The zero-order chi connectivity index (χ0) is 21.0.